The summed E-state index contributed by atoms with van der Waals surface area (Å²) >= 11 is 2.72. The van der Waals surface area contributed by atoms with Gasteiger partial charge in [0.1, 0.15) is 9.96 Å². The molecule has 4 heterocycles. The molecule has 200 valence electrons. The summed E-state index contributed by atoms with van der Waals surface area (Å²) in [6.07, 6.45) is 1.83. The van der Waals surface area contributed by atoms with Gasteiger partial charge >= 0.3 is 0 Å². The van der Waals surface area contributed by atoms with Gasteiger partial charge in [0.15, 0.2) is 5.13 Å². The number of piperidine rings is 1. The summed E-state index contributed by atoms with van der Waals surface area (Å²) in [5, 5.41) is 2.45. The van der Waals surface area contributed by atoms with Gasteiger partial charge in [0.25, 0.3) is 10.0 Å². The van der Waals surface area contributed by atoms with E-state index in [0.29, 0.717) is 41.8 Å². The lowest BCUT2D eigenvalue weighted by Crippen LogP contribution is -2.45. The minimum Gasteiger partial charge on any atom is -0.497 e. The maximum Gasteiger partial charge on any atom is 0.252 e. The number of methoxy groups -OCH3 is 1. The van der Waals surface area contributed by atoms with E-state index in [1.54, 1.807) is 24.6 Å². The molecule has 9 nitrogen and oxygen atoms in total. The van der Waals surface area contributed by atoms with Crippen LogP contribution in [0.15, 0.2) is 39.9 Å². The van der Waals surface area contributed by atoms with Crippen LogP contribution in [-0.2, 0) is 19.6 Å². The summed E-state index contributed by atoms with van der Waals surface area (Å²) < 4.78 is 39.5. The van der Waals surface area contributed by atoms with E-state index in [0.717, 1.165) is 55.2 Å². The van der Waals surface area contributed by atoms with Gasteiger partial charge in [-0.2, -0.15) is 4.31 Å². The van der Waals surface area contributed by atoms with Gasteiger partial charge in [0.05, 0.1) is 30.5 Å². The number of benzene rings is 1. The zero-order valence-corrected chi connectivity index (χ0v) is 23.3. The molecule has 0 unspecified atom stereocenters. The first-order valence-corrected chi connectivity index (χ1v) is 15.7. The monoisotopic (exact) mass is 564 g/mol. The molecule has 12 heteroatoms. The summed E-state index contributed by atoms with van der Waals surface area (Å²) in [6, 6.07) is 9.12. The summed E-state index contributed by atoms with van der Waals surface area (Å²) in [6.45, 7) is 5.46. The normalized spacial score (nSPS) is 18.3. The van der Waals surface area contributed by atoms with Gasteiger partial charge in [0.2, 0.25) is 5.91 Å². The highest BCUT2D eigenvalue weighted by Gasteiger charge is 2.35. The van der Waals surface area contributed by atoms with Gasteiger partial charge in [-0.05, 0) is 48.9 Å². The van der Waals surface area contributed by atoms with Crippen molar-refractivity contribution in [3.8, 4) is 5.75 Å². The van der Waals surface area contributed by atoms with Crippen LogP contribution in [0.1, 0.15) is 19.3 Å². The Labute approximate surface area is 225 Å². The number of hydrogen-bond acceptors (Lipinski definition) is 9. The molecule has 0 spiro atoms. The number of hydrogen-bond donors (Lipinski definition) is 0. The van der Waals surface area contributed by atoms with Crippen molar-refractivity contribution >= 4 is 54.0 Å². The van der Waals surface area contributed by atoms with Crippen molar-refractivity contribution in [3.05, 3.63) is 35.7 Å². The number of sulfonamides is 1. The van der Waals surface area contributed by atoms with Crippen LogP contribution in [0.4, 0.5) is 5.13 Å². The molecule has 0 N–H and O–H groups in total. The first-order chi connectivity index (χ1) is 18.0. The van der Waals surface area contributed by atoms with Crippen LogP contribution in [0.5, 0.6) is 5.75 Å². The first kappa shape index (κ1) is 26.5. The molecule has 37 heavy (non-hydrogen) atoms. The maximum atomic E-state index is 13.8. The molecule has 2 aromatic heterocycles. The number of anilines is 1. The molecule has 2 aliphatic rings. The zero-order valence-electron chi connectivity index (χ0n) is 20.9. The van der Waals surface area contributed by atoms with Crippen molar-refractivity contribution in [3.63, 3.8) is 0 Å². The van der Waals surface area contributed by atoms with E-state index in [9.17, 15) is 13.2 Å². The highest BCUT2D eigenvalue weighted by molar-refractivity contribution is 7.91. The average molecular weight is 565 g/mol. The topological polar surface area (TPSA) is 92.3 Å². The number of rotatable bonds is 9. The van der Waals surface area contributed by atoms with Crippen LogP contribution < -0.4 is 9.64 Å². The number of nitrogens with zero attached hydrogens (tertiary/aromatic N) is 4. The third-order valence-corrected chi connectivity index (χ3v) is 11.2. The van der Waals surface area contributed by atoms with Crippen molar-refractivity contribution in [1.82, 2.24) is 14.2 Å². The average Bonchev–Trinajstić information content (AvgIpc) is 3.62. The fraction of sp³-hybridized carbons (Fsp3) is 0.520. The maximum absolute atomic E-state index is 13.8. The number of carbonyl (C=O) groups is 1. The van der Waals surface area contributed by atoms with E-state index in [1.807, 2.05) is 23.1 Å². The summed E-state index contributed by atoms with van der Waals surface area (Å²) in [7, 11) is -1.87. The van der Waals surface area contributed by atoms with E-state index >= 15 is 0 Å². The first-order valence-electron chi connectivity index (χ1n) is 12.6. The minimum absolute atomic E-state index is 0.0289. The summed E-state index contributed by atoms with van der Waals surface area (Å²) in [5.41, 5.74) is 0.837. The number of carbonyl (C=O) groups excluding carboxylic acids is 1. The lowest BCUT2D eigenvalue weighted by molar-refractivity contribution is -0.123. The third-order valence-electron chi connectivity index (χ3n) is 6.93. The second-order valence-electron chi connectivity index (χ2n) is 9.24. The lowest BCUT2D eigenvalue weighted by atomic mass is 9.96. The van der Waals surface area contributed by atoms with Crippen LogP contribution in [0.3, 0.4) is 0 Å². The molecule has 0 aliphatic carbocycles. The highest BCUT2D eigenvalue weighted by atomic mass is 32.2. The van der Waals surface area contributed by atoms with Crippen LogP contribution in [0.25, 0.3) is 10.2 Å². The fourth-order valence-electron chi connectivity index (χ4n) is 4.81. The van der Waals surface area contributed by atoms with Gasteiger partial charge in [0, 0.05) is 45.2 Å². The smallest absolute Gasteiger partial charge is 0.252 e. The Kier molecular flexibility index (Phi) is 8.42. The predicted octanol–water partition coefficient (Wildman–Crippen LogP) is 3.52. The van der Waals surface area contributed by atoms with Crippen molar-refractivity contribution in [2.75, 3.05) is 64.5 Å². The van der Waals surface area contributed by atoms with E-state index in [1.165, 1.54) is 27.0 Å². The number of amides is 1. The quantitative estimate of drug-likeness (QED) is 0.393. The molecular formula is C25H32N4O5S3. The molecule has 2 fully saturated rings. The van der Waals surface area contributed by atoms with Crippen molar-refractivity contribution in [2.45, 2.75) is 23.5 Å². The molecule has 1 amide bonds. The SMILES string of the molecule is COc1ccc2nc(N(CCCN3CCOCC3)C(=O)C3CCN(S(=O)(=O)c4cccs4)CC3)sc2c1. The second-order valence-corrected chi connectivity index (χ2v) is 13.4. The third kappa shape index (κ3) is 5.99. The van der Waals surface area contributed by atoms with E-state index in [4.69, 9.17) is 14.5 Å². The van der Waals surface area contributed by atoms with E-state index in [2.05, 4.69) is 4.90 Å². The molecule has 2 aliphatic heterocycles. The largest absolute Gasteiger partial charge is 0.497 e. The second kappa shape index (κ2) is 11.7. The Hall–Kier alpha value is -2.09. The molecule has 0 saturated carbocycles. The minimum atomic E-state index is -3.50. The molecule has 0 bridgehead atoms. The summed E-state index contributed by atoms with van der Waals surface area (Å²) in [5.74, 6) is 0.549. The number of morpholine rings is 1. The number of ether oxygens (including phenoxy) is 2. The van der Waals surface area contributed by atoms with Crippen LogP contribution in [0, 0.1) is 5.92 Å². The molecule has 1 aromatic carbocycles. The fourth-order valence-corrected chi connectivity index (χ4v) is 8.45. The lowest BCUT2D eigenvalue weighted by Gasteiger charge is -2.33. The van der Waals surface area contributed by atoms with Gasteiger partial charge in [-0.3, -0.25) is 14.6 Å². The zero-order chi connectivity index (χ0) is 25.8. The Morgan fingerprint density at radius 2 is 1.97 bits per heavy atom. The molecule has 5 rings (SSSR count). The van der Waals surface area contributed by atoms with Crippen molar-refractivity contribution in [2.24, 2.45) is 5.92 Å². The van der Waals surface area contributed by atoms with Crippen molar-refractivity contribution < 1.29 is 22.7 Å². The molecule has 3 aromatic rings. The Bertz CT molecular complexity index is 1300. The van der Waals surface area contributed by atoms with Gasteiger partial charge in [-0.1, -0.05) is 17.4 Å². The summed E-state index contributed by atoms with van der Waals surface area (Å²) in [4.78, 5) is 22.8. The molecular weight excluding hydrogens is 532 g/mol. The molecule has 2 saturated heterocycles. The van der Waals surface area contributed by atoms with Gasteiger partial charge in [-0.25, -0.2) is 13.4 Å². The molecule has 0 radical (unpaired) electrons. The van der Waals surface area contributed by atoms with Crippen LogP contribution in [-0.4, -0.2) is 88.1 Å². The van der Waals surface area contributed by atoms with E-state index < -0.39 is 10.0 Å². The van der Waals surface area contributed by atoms with Gasteiger partial charge < -0.3 is 9.47 Å². The number of thiazole rings is 1. The predicted molar refractivity (Wildman–Crippen MR) is 146 cm³/mol. The van der Waals surface area contributed by atoms with Crippen LogP contribution >= 0.6 is 22.7 Å². The highest BCUT2D eigenvalue weighted by Crippen LogP contribution is 2.34. The Balaban J connectivity index is 1.30. The van der Waals surface area contributed by atoms with Crippen molar-refractivity contribution in [1.29, 1.82) is 0 Å². The molecule has 0 atom stereocenters. The number of aromatic nitrogens is 1. The van der Waals surface area contributed by atoms with E-state index in [-0.39, 0.29) is 11.8 Å². The number of fused-ring (bicyclic) bond motifs is 1. The standard InChI is InChI=1S/C25H32N4O5S3/c1-33-20-5-6-21-22(18-20)36-25(26-21)29(10-3-9-27-13-15-34-16-14-27)24(30)19-7-11-28(12-8-19)37(31,32)23-4-2-17-35-23/h2,4-6,17-19H,3,7-16H2,1H3. The number of thiophene rings is 1. The Morgan fingerprint density at radius 3 is 2.68 bits per heavy atom. The van der Waals surface area contributed by atoms with Gasteiger partial charge in [-0.15, -0.1) is 11.3 Å². The Morgan fingerprint density at radius 1 is 1.19 bits per heavy atom. The van der Waals surface area contributed by atoms with Crippen LogP contribution in [0.2, 0.25) is 0 Å².